The van der Waals surface area contributed by atoms with Crippen molar-refractivity contribution < 1.29 is 4.39 Å². The van der Waals surface area contributed by atoms with E-state index in [4.69, 9.17) is 0 Å². The van der Waals surface area contributed by atoms with Gasteiger partial charge in [0.25, 0.3) is 0 Å². The third-order valence-electron chi connectivity index (χ3n) is 3.74. The maximum Gasteiger partial charge on any atom is 0.126 e. The van der Waals surface area contributed by atoms with E-state index in [9.17, 15) is 4.39 Å². The molecule has 2 aromatic carbocycles. The number of aryl methyl sites for hydroxylation is 2. The molecule has 1 atom stereocenters. The Hall–Kier alpha value is -1.67. The highest BCUT2D eigenvalue weighted by Gasteiger charge is 2.05. The van der Waals surface area contributed by atoms with Crippen LogP contribution in [0, 0.1) is 12.7 Å². The van der Waals surface area contributed by atoms with Gasteiger partial charge in [0, 0.05) is 12.6 Å². The summed E-state index contributed by atoms with van der Waals surface area (Å²) < 4.78 is 13.5. The molecule has 0 saturated carbocycles. The standard InChI is InChI=1S/C18H22FN/c1-4-15-7-9-17(10-8-15)14(3)20-12-16-6-5-13(2)18(19)11-16/h5-11,14,20H,4,12H2,1-3H3. The third-order valence-corrected chi connectivity index (χ3v) is 3.74. The molecule has 0 radical (unpaired) electrons. The Kier molecular flexibility index (Phi) is 4.91. The molecule has 106 valence electrons. The minimum atomic E-state index is -0.135. The smallest absolute Gasteiger partial charge is 0.126 e. The molecule has 2 rings (SSSR count). The topological polar surface area (TPSA) is 12.0 Å². The van der Waals surface area contributed by atoms with E-state index in [0.717, 1.165) is 12.0 Å². The molecule has 1 N–H and O–H groups in total. The summed E-state index contributed by atoms with van der Waals surface area (Å²) in [5.41, 5.74) is 4.28. The number of nitrogens with one attached hydrogen (secondary N) is 1. The van der Waals surface area contributed by atoms with Crippen molar-refractivity contribution in [3.63, 3.8) is 0 Å². The van der Waals surface area contributed by atoms with Gasteiger partial charge in [-0.1, -0.05) is 43.3 Å². The predicted octanol–water partition coefficient (Wildman–Crippen LogP) is 4.55. The molecule has 0 bridgehead atoms. The quantitative estimate of drug-likeness (QED) is 0.841. The molecule has 0 aliphatic carbocycles. The average Bonchev–Trinajstić information content (AvgIpc) is 2.48. The van der Waals surface area contributed by atoms with Gasteiger partial charge in [-0.2, -0.15) is 0 Å². The molecule has 2 heteroatoms. The monoisotopic (exact) mass is 271 g/mol. The van der Waals surface area contributed by atoms with Gasteiger partial charge in [0.2, 0.25) is 0 Å². The van der Waals surface area contributed by atoms with Crippen LogP contribution in [0.25, 0.3) is 0 Å². The van der Waals surface area contributed by atoms with E-state index in [0.29, 0.717) is 12.1 Å². The van der Waals surface area contributed by atoms with Crippen LogP contribution in [0.3, 0.4) is 0 Å². The van der Waals surface area contributed by atoms with Crippen LogP contribution in [0.1, 0.15) is 42.1 Å². The molecule has 20 heavy (non-hydrogen) atoms. The van der Waals surface area contributed by atoms with Gasteiger partial charge in [-0.25, -0.2) is 4.39 Å². The van der Waals surface area contributed by atoms with Gasteiger partial charge in [0.15, 0.2) is 0 Å². The van der Waals surface area contributed by atoms with Crippen LogP contribution in [-0.2, 0) is 13.0 Å². The van der Waals surface area contributed by atoms with E-state index in [1.165, 1.54) is 11.1 Å². The lowest BCUT2D eigenvalue weighted by Crippen LogP contribution is -2.18. The second-order valence-corrected chi connectivity index (χ2v) is 5.28. The first-order chi connectivity index (χ1) is 9.60. The predicted molar refractivity (Wildman–Crippen MR) is 82.2 cm³/mol. The maximum absolute atomic E-state index is 13.5. The molecule has 0 aliphatic rings. The van der Waals surface area contributed by atoms with Crippen LogP contribution in [0.5, 0.6) is 0 Å². The SMILES string of the molecule is CCc1ccc(C(C)NCc2ccc(C)c(F)c2)cc1. The van der Waals surface area contributed by atoms with Crippen LogP contribution in [0.15, 0.2) is 42.5 Å². The normalized spacial score (nSPS) is 12.4. The van der Waals surface area contributed by atoms with Gasteiger partial charge >= 0.3 is 0 Å². The molecule has 0 spiro atoms. The first kappa shape index (κ1) is 14.7. The van der Waals surface area contributed by atoms with E-state index >= 15 is 0 Å². The fourth-order valence-corrected chi connectivity index (χ4v) is 2.18. The highest BCUT2D eigenvalue weighted by Crippen LogP contribution is 2.15. The van der Waals surface area contributed by atoms with E-state index in [1.807, 2.05) is 12.1 Å². The van der Waals surface area contributed by atoms with E-state index in [1.54, 1.807) is 13.0 Å². The van der Waals surface area contributed by atoms with Gasteiger partial charge in [-0.3, -0.25) is 0 Å². The second kappa shape index (κ2) is 6.67. The van der Waals surface area contributed by atoms with Gasteiger partial charge < -0.3 is 5.32 Å². The zero-order valence-electron chi connectivity index (χ0n) is 12.4. The fourth-order valence-electron chi connectivity index (χ4n) is 2.18. The van der Waals surface area contributed by atoms with Crippen molar-refractivity contribution in [2.75, 3.05) is 0 Å². The summed E-state index contributed by atoms with van der Waals surface area (Å²) in [6.07, 6.45) is 1.06. The number of benzene rings is 2. The first-order valence-electron chi connectivity index (χ1n) is 7.17. The first-order valence-corrected chi connectivity index (χ1v) is 7.17. The summed E-state index contributed by atoms with van der Waals surface area (Å²) in [4.78, 5) is 0. The van der Waals surface area contributed by atoms with Crippen LogP contribution in [0.4, 0.5) is 4.39 Å². The van der Waals surface area contributed by atoms with Gasteiger partial charge in [0.1, 0.15) is 5.82 Å². The molecule has 0 saturated heterocycles. The highest BCUT2D eigenvalue weighted by molar-refractivity contribution is 5.26. The highest BCUT2D eigenvalue weighted by atomic mass is 19.1. The molecule has 0 amide bonds. The van der Waals surface area contributed by atoms with Crippen LogP contribution in [-0.4, -0.2) is 0 Å². The minimum Gasteiger partial charge on any atom is -0.306 e. The summed E-state index contributed by atoms with van der Waals surface area (Å²) in [7, 11) is 0. The molecule has 1 unspecified atom stereocenters. The Labute approximate surface area is 120 Å². The number of hydrogen-bond acceptors (Lipinski definition) is 1. The molecule has 0 aliphatic heterocycles. The van der Waals surface area contributed by atoms with Crippen LogP contribution in [0.2, 0.25) is 0 Å². The van der Waals surface area contributed by atoms with E-state index < -0.39 is 0 Å². The van der Waals surface area contributed by atoms with Crippen molar-refractivity contribution in [2.45, 2.75) is 39.8 Å². The number of halogens is 1. The lowest BCUT2D eigenvalue weighted by atomic mass is 10.0. The summed E-state index contributed by atoms with van der Waals surface area (Å²) >= 11 is 0. The second-order valence-electron chi connectivity index (χ2n) is 5.28. The lowest BCUT2D eigenvalue weighted by molar-refractivity contribution is 0.568. The Bertz CT molecular complexity index is 560. The van der Waals surface area contributed by atoms with Gasteiger partial charge in [-0.15, -0.1) is 0 Å². The van der Waals surface area contributed by atoms with E-state index in [2.05, 4.69) is 43.4 Å². The summed E-state index contributed by atoms with van der Waals surface area (Å²) in [5, 5.41) is 3.43. The van der Waals surface area contributed by atoms with Gasteiger partial charge in [-0.05, 0) is 48.6 Å². The number of hydrogen-bond donors (Lipinski definition) is 1. The van der Waals surface area contributed by atoms with Gasteiger partial charge in [0.05, 0.1) is 0 Å². The summed E-state index contributed by atoms with van der Waals surface area (Å²) in [6.45, 7) is 6.74. The summed E-state index contributed by atoms with van der Waals surface area (Å²) in [6, 6.07) is 14.3. The molecular weight excluding hydrogens is 249 g/mol. The zero-order valence-corrected chi connectivity index (χ0v) is 12.4. The third kappa shape index (κ3) is 3.67. The average molecular weight is 271 g/mol. The Balaban J connectivity index is 1.96. The van der Waals surface area contributed by atoms with Crippen molar-refractivity contribution in [3.05, 3.63) is 70.5 Å². The minimum absolute atomic E-state index is 0.135. The largest absolute Gasteiger partial charge is 0.306 e. The molecule has 0 heterocycles. The summed E-state index contributed by atoms with van der Waals surface area (Å²) in [5.74, 6) is -0.135. The number of rotatable bonds is 5. The van der Waals surface area contributed by atoms with Crippen LogP contribution < -0.4 is 5.32 Å². The maximum atomic E-state index is 13.5. The molecule has 0 fully saturated rings. The Morgan fingerprint density at radius 2 is 1.70 bits per heavy atom. The lowest BCUT2D eigenvalue weighted by Gasteiger charge is -2.15. The Morgan fingerprint density at radius 3 is 2.30 bits per heavy atom. The van der Waals surface area contributed by atoms with Crippen molar-refractivity contribution in [1.82, 2.24) is 5.32 Å². The van der Waals surface area contributed by atoms with Crippen LogP contribution >= 0.6 is 0 Å². The van der Waals surface area contributed by atoms with Crippen molar-refractivity contribution >= 4 is 0 Å². The van der Waals surface area contributed by atoms with Crippen molar-refractivity contribution in [3.8, 4) is 0 Å². The zero-order chi connectivity index (χ0) is 14.5. The van der Waals surface area contributed by atoms with Crippen molar-refractivity contribution in [1.29, 1.82) is 0 Å². The van der Waals surface area contributed by atoms with E-state index in [-0.39, 0.29) is 11.9 Å². The molecular formula is C18H22FN. The Morgan fingerprint density at radius 1 is 1.05 bits per heavy atom. The van der Waals surface area contributed by atoms with Crippen molar-refractivity contribution in [2.24, 2.45) is 0 Å². The molecule has 1 nitrogen and oxygen atoms in total. The molecule has 0 aromatic heterocycles. The fraction of sp³-hybridized carbons (Fsp3) is 0.333. The molecule has 2 aromatic rings.